The highest BCUT2D eigenvalue weighted by atomic mass is 32.9. The fourth-order valence-corrected chi connectivity index (χ4v) is 8.64. The number of nitrogens with zero attached hydrogens (tertiary/aromatic N) is 3. The molecular formula is C15H26N3O2PS3. The lowest BCUT2D eigenvalue weighted by molar-refractivity contribution is 0.273. The van der Waals surface area contributed by atoms with Gasteiger partial charge in [0, 0.05) is 5.75 Å². The highest BCUT2D eigenvalue weighted by molar-refractivity contribution is 8.67. The molecule has 3 atom stereocenters. The first-order valence-corrected chi connectivity index (χ1v) is 13.7. The minimum absolute atomic E-state index is 0.145. The van der Waals surface area contributed by atoms with Crippen molar-refractivity contribution in [1.82, 2.24) is 4.90 Å². The minimum Gasteiger partial charge on any atom is -0.328 e. The monoisotopic (exact) mass is 407 g/mol. The number of thioether (sulfide) groups is 1. The lowest BCUT2D eigenvalue weighted by Gasteiger charge is -2.26. The van der Waals surface area contributed by atoms with Gasteiger partial charge in [0.25, 0.3) is 0 Å². The molecule has 5 nitrogen and oxygen atoms in total. The topological polar surface area (TPSA) is 46.4 Å². The second-order valence-corrected chi connectivity index (χ2v) is 14.6. The predicted molar refractivity (Wildman–Crippen MR) is 110 cm³/mol. The number of oxime groups is 1. The maximum atomic E-state index is 5.89. The van der Waals surface area contributed by atoms with Crippen LogP contribution in [0.4, 0.5) is 0 Å². The second-order valence-electron chi connectivity index (χ2n) is 6.65. The van der Waals surface area contributed by atoms with Crippen molar-refractivity contribution in [2.45, 2.75) is 70.2 Å². The molecule has 3 aliphatic rings. The molecule has 9 heteroatoms. The molecule has 0 aromatic heterocycles. The summed E-state index contributed by atoms with van der Waals surface area (Å²) in [6.45, 7) is 8.99. The summed E-state index contributed by atoms with van der Waals surface area (Å²) >= 11 is 9.03. The molecule has 0 aromatic carbocycles. The second kappa shape index (κ2) is 7.47. The van der Waals surface area contributed by atoms with Crippen LogP contribution in [-0.2, 0) is 21.0 Å². The van der Waals surface area contributed by atoms with E-state index in [0.717, 1.165) is 23.2 Å². The first-order chi connectivity index (χ1) is 11.4. The van der Waals surface area contributed by atoms with E-state index in [1.165, 1.54) is 19.3 Å². The standard InChI is InChI=1S/C15H26N3O2PS3/c1-5-10-23-21(22,19-6-2)20-17-13-15(3,4)24-14-16-11-8-7-9-12(11)18(13)14/h11-12H,5-10H2,1-4H3. The summed E-state index contributed by atoms with van der Waals surface area (Å²) in [6.07, 6.45) is 4.65. The van der Waals surface area contributed by atoms with Crippen LogP contribution in [0, 0.1) is 0 Å². The van der Waals surface area contributed by atoms with E-state index in [-0.39, 0.29) is 4.75 Å². The van der Waals surface area contributed by atoms with Gasteiger partial charge in [0.2, 0.25) is 0 Å². The van der Waals surface area contributed by atoms with Gasteiger partial charge in [0.05, 0.1) is 23.4 Å². The quantitative estimate of drug-likeness (QED) is 0.445. The largest absolute Gasteiger partial charge is 0.328 e. The van der Waals surface area contributed by atoms with Gasteiger partial charge in [-0.1, -0.05) is 35.2 Å². The van der Waals surface area contributed by atoms with Gasteiger partial charge >= 0.3 is 5.69 Å². The minimum atomic E-state index is -2.42. The summed E-state index contributed by atoms with van der Waals surface area (Å²) in [5, 5.41) is 5.66. The zero-order valence-corrected chi connectivity index (χ0v) is 18.1. The Morgan fingerprint density at radius 1 is 1.46 bits per heavy atom. The molecule has 1 saturated carbocycles. The number of hydrogen-bond donors (Lipinski definition) is 0. The van der Waals surface area contributed by atoms with Crippen molar-refractivity contribution in [3.05, 3.63) is 0 Å². The van der Waals surface area contributed by atoms with Gasteiger partial charge < -0.3 is 14.0 Å². The number of rotatable bonds is 7. The zero-order chi connectivity index (χ0) is 17.4. The first-order valence-electron chi connectivity index (χ1n) is 8.62. The van der Waals surface area contributed by atoms with Crippen LogP contribution >= 0.6 is 28.8 Å². The highest BCUT2D eigenvalue weighted by Gasteiger charge is 2.52. The van der Waals surface area contributed by atoms with Gasteiger partial charge in [-0.15, -0.1) is 0 Å². The van der Waals surface area contributed by atoms with E-state index in [2.05, 4.69) is 30.8 Å². The van der Waals surface area contributed by atoms with E-state index >= 15 is 0 Å². The van der Waals surface area contributed by atoms with Crippen LogP contribution in [0.15, 0.2) is 10.1 Å². The molecule has 0 aromatic rings. The number of hydrogen-bond acceptors (Lipinski definition) is 7. The summed E-state index contributed by atoms with van der Waals surface area (Å²) in [6, 6.07) is 0.878. The molecule has 2 heterocycles. The van der Waals surface area contributed by atoms with Crippen LogP contribution in [0.5, 0.6) is 0 Å². The molecule has 24 heavy (non-hydrogen) atoms. The summed E-state index contributed by atoms with van der Waals surface area (Å²) in [7, 11) is 0. The van der Waals surface area contributed by atoms with Crippen LogP contribution in [0.1, 0.15) is 53.4 Å². The third-order valence-electron chi connectivity index (χ3n) is 4.34. The molecule has 0 radical (unpaired) electrons. The van der Waals surface area contributed by atoms with Gasteiger partial charge in [-0.25, -0.2) is 0 Å². The third-order valence-corrected chi connectivity index (χ3v) is 10.8. The molecule has 2 aliphatic heterocycles. The maximum Gasteiger partial charge on any atom is 0.322 e. The predicted octanol–water partition coefficient (Wildman–Crippen LogP) is 4.84. The Kier molecular flexibility index (Phi) is 5.92. The Hall–Kier alpha value is 0.250. The Bertz CT molecular complexity index is 597. The van der Waals surface area contributed by atoms with E-state index in [4.69, 9.17) is 25.9 Å². The van der Waals surface area contributed by atoms with Gasteiger partial charge in [0.1, 0.15) is 0 Å². The van der Waals surface area contributed by atoms with Crippen molar-refractivity contribution in [3.8, 4) is 0 Å². The van der Waals surface area contributed by atoms with Gasteiger partial charge in [-0.2, -0.15) is 0 Å². The Labute approximate surface area is 158 Å². The number of amidine groups is 2. The Morgan fingerprint density at radius 2 is 2.25 bits per heavy atom. The van der Waals surface area contributed by atoms with Gasteiger partial charge in [0.15, 0.2) is 11.0 Å². The molecule has 1 saturated heterocycles. The van der Waals surface area contributed by atoms with Crippen molar-refractivity contribution in [1.29, 1.82) is 0 Å². The fraction of sp³-hybridized carbons (Fsp3) is 0.867. The van der Waals surface area contributed by atoms with Crippen LogP contribution in [0.2, 0.25) is 0 Å². The normalized spacial score (nSPS) is 31.8. The molecule has 3 rings (SSSR count). The lowest BCUT2D eigenvalue weighted by atomic mass is 10.1. The van der Waals surface area contributed by atoms with Crippen molar-refractivity contribution < 1.29 is 9.15 Å². The maximum absolute atomic E-state index is 5.89. The molecule has 1 aliphatic carbocycles. The van der Waals surface area contributed by atoms with Crippen molar-refractivity contribution in [3.63, 3.8) is 0 Å². The highest BCUT2D eigenvalue weighted by Crippen LogP contribution is 2.61. The van der Waals surface area contributed by atoms with Crippen LogP contribution in [-0.4, -0.2) is 45.1 Å². The molecule has 136 valence electrons. The van der Waals surface area contributed by atoms with Crippen LogP contribution in [0.3, 0.4) is 0 Å². The van der Waals surface area contributed by atoms with Crippen molar-refractivity contribution >= 4 is 51.6 Å². The Balaban J connectivity index is 1.81. The van der Waals surface area contributed by atoms with Crippen LogP contribution in [0.25, 0.3) is 0 Å². The molecule has 0 amide bonds. The molecule has 0 spiro atoms. The van der Waals surface area contributed by atoms with E-state index in [1.807, 2.05) is 6.92 Å². The van der Waals surface area contributed by atoms with E-state index < -0.39 is 5.69 Å². The molecule has 0 bridgehead atoms. The third kappa shape index (κ3) is 3.68. The van der Waals surface area contributed by atoms with Gasteiger partial charge in [-0.05, 0) is 58.3 Å². The summed E-state index contributed by atoms with van der Waals surface area (Å²) in [5.74, 6) is 1.88. The first kappa shape index (κ1) is 19.0. The number of fused-ring (bicyclic) bond motifs is 3. The number of aliphatic imine (C=N–C) groups is 1. The lowest BCUT2D eigenvalue weighted by Crippen LogP contribution is -2.42. The smallest absolute Gasteiger partial charge is 0.322 e. The van der Waals surface area contributed by atoms with Crippen LogP contribution < -0.4 is 0 Å². The molecular weight excluding hydrogens is 381 g/mol. The average Bonchev–Trinajstić information content (AvgIpc) is 3.13. The van der Waals surface area contributed by atoms with Crippen molar-refractivity contribution in [2.75, 3.05) is 12.4 Å². The summed E-state index contributed by atoms with van der Waals surface area (Å²) in [5.41, 5.74) is -2.42. The molecule has 0 N–H and O–H groups in total. The summed E-state index contributed by atoms with van der Waals surface area (Å²) in [4.78, 5) is 7.21. The fourth-order valence-electron chi connectivity index (χ4n) is 3.29. The molecule has 2 fully saturated rings. The summed E-state index contributed by atoms with van der Waals surface area (Å²) < 4.78 is 11.5. The molecule has 3 unspecified atom stereocenters. The van der Waals surface area contributed by atoms with E-state index in [0.29, 0.717) is 18.7 Å². The van der Waals surface area contributed by atoms with E-state index in [1.54, 1.807) is 23.1 Å². The van der Waals surface area contributed by atoms with E-state index in [9.17, 15) is 0 Å². The zero-order valence-electron chi connectivity index (χ0n) is 14.7. The Morgan fingerprint density at radius 3 is 2.96 bits per heavy atom. The van der Waals surface area contributed by atoms with Crippen molar-refractivity contribution in [2.24, 2.45) is 10.1 Å². The SMILES string of the molecule is CCCSP(=S)(OCC)ON=C1N2C(=NC3CCCC32)SC1(C)C. The average molecular weight is 408 g/mol. The van der Waals surface area contributed by atoms with Gasteiger partial charge in [-0.3, -0.25) is 4.99 Å².